The van der Waals surface area contributed by atoms with E-state index in [-0.39, 0.29) is 6.04 Å². The van der Waals surface area contributed by atoms with Crippen LogP contribution in [0.15, 0.2) is 53.5 Å². The maximum atomic E-state index is 10.7. The second-order valence-electron chi connectivity index (χ2n) is 4.66. The maximum Gasteiger partial charge on any atom is 0.235 e. The molecule has 0 aliphatic carbocycles. The number of hydrogen-bond acceptors (Lipinski definition) is 3. The molecule has 0 radical (unpaired) electrons. The fraction of sp³-hybridized carbons (Fsp3) is 0.235. The third-order valence-corrected chi connectivity index (χ3v) is 3.28. The topological polar surface area (TPSA) is 38.7 Å². The largest absolute Gasteiger partial charge is 0.496 e. The summed E-state index contributed by atoms with van der Waals surface area (Å²) in [5.41, 5.74) is 3.21. The van der Waals surface area contributed by atoms with Crippen molar-refractivity contribution in [1.82, 2.24) is 0 Å². The Hall–Kier alpha value is -2.38. The third kappa shape index (κ3) is 3.34. The van der Waals surface area contributed by atoms with Gasteiger partial charge in [0.1, 0.15) is 5.75 Å². The molecule has 1 atom stereocenters. The quantitative estimate of drug-likeness (QED) is 0.613. The molecule has 0 fully saturated rings. The molecule has 20 heavy (non-hydrogen) atoms. The Balaban J connectivity index is 2.30. The fourth-order valence-electron chi connectivity index (χ4n) is 2.17. The Kier molecular flexibility index (Phi) is 4.70. The maximum absolute atomic E-state index is 10.7. The van der Waals surface area contributed by atoms with Crippen LogP contribution in [-0.2, 0) is 11.2 Å². The minimum Gasteiger partial charge on any atom is -0.496 e. The summed E-state index contributed by atoms with van der Waals surface area (Å²) in [6.07, 6.45) is 2.29. The number of nitrogens with zero attached hydrogens (tertiary/aromatic N) is 1. The van der Waals surface area contributed by atoms with E-state index in [0.29, 0.717) is 6.42 Å². The molecule has 2 rings (SSSR count). The Morgan fingerprint density at radius 1 is 1.15 bits per heavy atom. The normalized spacial score (nSPS) is 11.5. The molecule has 0 aliphatic heterocycles. The van der Waals surface area contributed by atoms with Gasteiger partial charge >= 0.3 is 0 Å². The summed E-state index contributed by atoms with van der Waals surface area (Å²) in [4.78, 5) is 14.6. The summed E-state index contributed by atoms with van der Waals surface area (Å²) in [7, 11) is 1.64. The molecule has 0 N–H and O–H groups in total. The van der Waals surface area contributed by atoms with Crippen LogP contribution >= 0.6 is 0 Å². The Bertz CT molecular complexity index is 613. The molecule has 102 valence electrons. The van der Waals surface area contributed by atoms with Gasteiger partial charge in [-0.2, -0.15) is 4.99 Å². The van der Waals surface area contributed by atoms with E-state index in [4.69, 9.17) is 4.74 Å². The van der Waals surface area contributed by atoms with E-state index in [2.05, 4.69) is 4.99 Å². The van der Waals surface area contributed by atoms with Crippen molar-refractivity contribution in [2.45, 2.75) is 19.4 Å². The van der Waals surface area contributed by atoms with Gasteiger partial charge in [0.2, 0.25) is 6.08 Å². The SMILES string of the molecule is COc1ccccc1CC(N=C=O)c1ccc(C)cc1. The molecule has 0 amide bonds. The number of carbonyl (C=O) groups excluding carboxylic acids is 1. The highest BCUT2D eigenvalue weighted by Gasteiger charge is 2.13. The van der Waals surface area contributed by atoms with Crippen molar-refractivity contribution in [2.24, 2.45) is 4.99 Å². The zero-order chi connectivity index (χ0) is 14.4. The smallest absolute Gasteiger partial charge is 0.235 e. The Morgan fingerprint density at radius 3 is 2.50 bits per heavy atom. The van der Waals surface area contributed by atoms with Crippen molar-refractivity contribution in [3.05, 3.63) is 65.2 Å². The number of rotatable bonds is 5. The third-order valence-electron chi connectivity index (χ3n) is 3.28. The molecule has 0 aliphatic rings. The molecule has 2 aromatic rings. The highest BCUT2D eigenvalue weighted by molar-refractivity contribution is 5.39. The summed E-state index contributed by atoms with van der Waals surface area (Å²) in [6.45, 7) is 2.03. The summed E-state index contributed by atoms with van der Waals surface area (Å²) >= 11 is 0. The van der Waals surface area contributed by atoms with E-state index >= 15 is 0 Å². The van der Waals surface area contributed by atoms with Crippen molar-refractivity contribution in [2.75, 3.05) is 7.11 Å². The van der Waals surface area contributed by atoms with Gasteiger partial charge in [-0.1, -0.05) is 48.0 Å². The Labute approximate surface area is 118 Å². The number of hydrogen-bond donors (Lipinski definition) is 0. The number of aliphatic imine (C=N–C) groups is 1. The van der Waals surface area contributed by atoms with E-state index in [0.717, 1.165) is 16.9 Å². The number of aryl methyl sites for hydroxylation is 1. The molecule has 0 saturated carbocycles. The van der Waals surface area contributed by atoms with E-state index in [1.807, 2.05) is 55.5 Å². The number of isocyanates is 1. The van der Waals surface area contributed by atoms with Crippen LogP contribution in [-0.4, -0.2) is 13.2 Å². The molecule has 0 spiro atoms. The molecule has 0 heterocycles. The van der Waals surface area contributed by atoms with E-state index < -0.39 is 0 Å². The number of ether oxygens (including phenoxy) is 1. The van der Waals surface area contributed by atoms with Crippen molar-refractivity contribution in [3.63, 3.8) is 0 Å². The lowest BCUT2D eigenvalue weighted by atomic mass is 9.98. The van der Waals surface area contributed by atoms with E-state index in [9.17, 15) is 4.79 Å². The first-order valence-corrected chi connectivity index (χ1v) is 6.50. The molecule has 0 saturated heterocycles. The van der Waals surface area contributed by atoms with Crippen molar-refractivity contribution < 1.29 is 9.53 Å². The molecular weight excluding hydrogens is 250 g/mol. The highest BCUT2D eigenvalue weighted by Crippen LogP contribution is 2.27. The lowest BCUT2D eigenvalue weighted by Crippen LogP contribution is -2.02. The van der Waals surface area contributed by atoms with Gasteiger partial charge in [-0.15, -0.1) is 0 Å². The van der Waals surface area contributed by atoms with E-state index in [1.165, 1.54) is 5.56 Å². The van der Waals surface area contributed by atoms with Gasteiger partial charge in [0.05, 0.1) is 13.2 Å². The summed E-state index contributed by atoms with van der Waals surface area (Å²) in [5, 5.41) is 0. The molecule has 2 aromatic carbocycles. The lowest BCUT2D eigenvalue weighted by Gasteiger charge is -2.14. The second-order valence-corrected chi connectivity index (χ2v) is 4.66. The van der Waals surface area contributed by atoms with Gasteiger partial charge in [-0.05, 0) is 24.1 Å². The first kappa shape index (κ1) is 14.0. The number of methoxy groups -OCH3 is 1. The van der Waals surface area contributed by atoms with Crippen LogP contribution in [0.25, 0.3) is 0 Å². The van der Waals surface area contributed by atoms with Crippen LogP contribution in [0.5, 0.6) is 5.75 Å². The standard InChI is InChI=1S/C17H17NO2/c1-13-7-9-14(10-8-13)16(18-12-19)11-15-5-3-4-6-17(15)20-2/h3-10,16H,11H2,1-2H3. The first-order chi connectivity index (χ1) is 9.74. The van der Waals surface area contributed by atoms with Gasteiger partial charge in [-0.3, -0.25) is 0 Å². The predicted octanol–water partition coefficient (Wildman–Crippen LogP) is 3.62. The number of benzene rings is 2. The lowest BCUT2D eigenvalue weighted by molar-refractivity contribution is 0.408. The average molecular weight is 267 g/mol. The summed E-state index contributed by atoms with van der Waals surface area (Å²) in [5.74, 6) is 0.811. The fourth-order valence-corrected chi connectivity index (χ4v) is 2.17. The van der Waals surface area contributed by atoms with E-state index in [1.54, 1.807) is 13.2 Å². The zero-order valence-electron chi connectivity index (χ0n) is 11.7. The highest BCUT2D eigenvalue weighted by atomic mass is 16.5. The van der Waals surface area contributed by atoms with Crippen LogP contribution in [0, 0.1) is 6.92 Å². The minimum absolute atomic E-state index is 0.232. The summed E-state index contributed by atoms with van der Waals surface area (Å²) < 4.78 is 5.34. The molecule has 3 heteroatoms. The molecule has 0 bridgehead atoms. The molecule has 3 nitrogen and oxygen atoms in total. The van der Waals surface area contributed by atoms with Crippen molar-refractivity contribution in [3.8, 4) is 5.75 Å². The van der Waals surface area contributed by atoms with Crippen molar-refractivity contribution in [1.29, 1.82) is 0 Å². The van der Waals surface area contributed by atoms with Crippen molar-refractivity contribution >= 4 is 6.08 Å². The van der Waals surface area contributed by atoms with Gasteiger partial charge in [0.15, 0.2) is 0 Å². The van der Waals surface area contributed by atoms with Gasteiger partial charge < -0.3 is 4.74 Å². The predicted molar refractivity (Wildman–Crippen MR) is 78.7 cm³/mol. The van der Waals surface area contributed by atoms with Crippen LogP contribution in [0.1, 0.15) is 22.7 Å². The molecule has 1 unspecified atom stereocenters. The first-order valence-electron chi connectivity index (χ1n) is 6.50. The zero-order valence-corrected chi connectivity index (χ0v) is 11.7. The van der Waals surface area contributed by atoms with Gasteiger partial charge in [0, 0.05) is 6.42 Å². The van der Waals surface area contributed by atoms with Gasteiger partial charge in [0.25, 0.3) is 0 Å². The van der Waals surface area contributed by atoms with Gasteiger partial charge in [-0.25, -0.2) is 4.79 Å². The Morgan fingerprint density at radius 2 is 1.85 bits per heavy atom. The van der Waals surface area contributed by atoms with Crippen LogP contribution in [0.3, 0.4) is 0 Å². The monoisotopic (exact) mass is 267 g/mol. The van der Waals surface area contributed by atoms with Crippen LogP contribution < -0.4 is 4.74 Å². The molecule has 0 aromatic heterocycles. The average Bonchev–Trinajstić information content (AvgIpc) is 2.48. The minimum atomic E-state index is -0.232. The summed E-state index contributed by atoms with van der Waals surface area (Å²) in [6, 6.07) is 15.6. The molecular formula is C17H17NO2. The van der Waals surface area contributed by atoms with Crippen LogP contribution in [0.2, 0.25) is 0 Å². The number of para-hydroxylation sites is 1. The van der Waals surface area contributed by atoms with Crippen LogP contribution in [0.4, 0.5) is 0 Å². The second kappa shape index (κ2) is 6.69.